The zero-order valence-electron chi connectivity index (χ0n) is 11.0. The molecule has 1 amide bonds. The molecule has 2 rings (SSSR count). The minimum Gasteiger partial charge on any atom is -0.361 e. The van der Waals surface area contributed by atoms with Crippen LogP contribution in [0.2, 0.25) is 0 Å². The van der Waals surface area contributed by atoms with Gasteiger partial charge in [-0.2, -0.15) is 0 Å². The van der Waals surface area contributed by atoms with Crippen molar-refractivity contribution in [3.63, 3.8) is 0 Å². The van der Waals surface area contributed by atoms with Gasteiger partial charge in [0.15, 0.2) is 0 Å². The summed E-state index contributed by atoms with van der Waals surface area (Å²) in [6.45, 7) is 4.11. The number of aryl methyl sites for hydroxylation is 1. The fourth-order valence-corrected chi connectivity index (χ4v) is 2.04. The number of rotatable bonds is 5. The second kappa shape index (κ2) is 5.71. The molecule has 0 aliphatic carbocycles. The number of aromatic amines is 1. The van der Waals surface area contributed by atoms with Crippen molar-refractivity contribution in [1.82, 2.24) is 10.3 Å². The van der Waals surface area contributed by atoms with Crippen LogP contribution in [0, 0.1) is 0 Å². The topological polar surface area (TPSA) is 44.9 Å². The van der Waals surface area contributed by atoms with Crippen molar-refractivity contribution < 1.29 is 4.79 Å². The van der Waals surface area contributed by atoms with Crippen molar-refractivity contribution in [2.45, 2.75) is 39.2 Å². The summed E-state index contributed by atoms with van der Waals surface area (Å²) in [7, 11) is 0. The van der Waals surface area contributed by atoms with Crippen LogP contribution in [0.5, 0.6) is 0 Å². The van der Waals surface area contributed by atoms with Gasteiger partial charge in [-0.1, -0.05) is 25.1 Å². The Morgan fingerprint density at radius 1 is 1.39 bits per heavy atom. The van der Waals surface area contributed by atoms with Crippen molar-refractivity contribution in [3.05, 3.63) is 36.0 Å². The molecule has 0 spiro atoms. The predicted molar refractivity (Wildman–Crippen MR) is 74.5 cm³/mol. The first-order valence-electron chi connectivity index (χ1n) is 6.55. The van der Waals surface area contributed by atoms with Crippen molar-refractivity contribution in [3.8, 4) is 0 Å². The van der Waals surface area contributed by atoms with Gasteiger partial charge < -0.3 is 10.3 Å². The van der Waals surface area contributed by atoms with E-state index in [0.29, 0.717) is 6.42 Å². The first-order valence-corrected chi connectivity index (χ1v) is 6.55. The van der Waals surface area contributed by atoms with Crippen LogP contribution in [-0.4, -0.2) is 16.9 Å². The Labute approximate surface area is 108 Å². The van der Waals surface area contributed by atoms with Gasteiger partial charge in [0.05, 0.1) is 0 Å². The van der Waals surface area contributed by atoms with Crippen molar-refractivity contribution in [1.29, 1.82) is 0 Å². The summed E-state index contributed by atoms with van der Waals surface area (Å²) in [5.74, 6) is 0.134. The minimum absolute atomic E-state index is 0.134. The van der Waals surface area contributed by atoms with E-state index in [4.69, 9.17) is 0 Å². The Morgan fingerprint density at radius 2 is 2.17 bits per heavy atom. The van der Waals surface area contributed by atoms with Crippen molar-refractivity contribution >= 4 is 16.8 Å². The Kier molecular flexibility index (Phi) is 4.03. The second-order valence-electron chi connectivity index (χ2n) is 4.74. The first kappa shape index (κ1) is 12.7. The van der Waals surface area contributed by atoms with E-state index in [1.807, 2.05) is 25.3 Å². The molecule has 0 bridgehead atoms. The van der Waals surface area contributed by atoms with E-state index >= 15 is 0 Å². The zero-order valence-corrected chi connectivity index (χ0v) is 11.0. The number of nitrogens with one attached hydrogen (secondary N) is 2. The van der Waals surface area contributed by atoms with Gasteiger partial charge in [-0.3, -0.25) is 4.79 Å². The third-order valence-corrected chi connectivity index (χ3v) is 3.32. The quantitative estimate of drug-likeness (QED) is 0.834. The average Bonchev–Trinajstić information content (AvgIpc) is 2.79. The summed E-state index contributed by atoms with van der Waals surface area (Å²) in [6, 6.07) is 8.45. The predicted octanol–water partition coefficient (Wildman–Crippen LogP) is 3.02. The Hall–Kier alpha value is -1.77. The molecular weight excluding hydrogens is 224 g/mol. The molecule has 0 aliphatic rings. The lowest BCUT2D eigenvalue weighted by molar-refractivity contribution is -0.121. The van der Waals surface area contributed by atoms with E-state index in [1.165, 1.54) is 10.9 Å². The summed E-state index contributed by atoms with van der Waals surface area (Å²) in [6.07, 6.45) is 4.30. The lowest BCUT2D eigenvalue weighted by Crippen LogP contribution is -2.31. The van der Waals surface area contributed by atoms with Gasteiger partial charge in [0.2, 0.25) is 5.91 Å². The number of H-pyrrole nitrogens is 1. The van der Waals surface area contributed by atoms with Crippen LogP contribution in [0.15, 0.2) is 30.5 Å². The van der Waals surface area contributed by atoms with Crippen LogP contribution in [-0.2, 0) is 11.2 Å². The monoisotopic (exact) mass is 244 g/mol. The molecule has 1 atom stereocenters. The number of hydrogen-bond donors (Lipinski definition) is 2. The van der Waals surface area contributed by atoms with E-state index in [-0.39, 0.29) is 11.9 Å². The highest BCUT2D eigenvalue weighted by atomic mass is 16.1. The summed E-state index contributed by atoms with van der Waals surface area (Å²) < 4.78 is 0. The van der Waals surface area contributed by atoms with Gasteiger partial charge in [-0.25, -0.2) is 0 Å². The maximum absolute atomic E-state index is 11.7. The van der Waals surface area contributed by atoms with Gasteiger partial charge in [-0.05, 0) is 31.4 Å². The molecule has 2 N–H and O–H groups in total. The zero-order chi connectivity index (χ0) is 13.0. The van der Waals surface area contributed by atoms with Gasteiger partial charge in [0.1, 0.15) is 0 Å². The van der Waals surface area contributed by atoms with Gasteiger partial charge in [0.25, 0.3) is 0 Å². The third kappa shape index (κ3) is 2.92. The number of para-hydroxylation sites is 1. The van der Waals surface area contributed by atoms with Gasteiger partial charge in [-0.15, -0.1) is 0 Å². The molecule has 1 aromatic carbocycles. The number of hydrogen-bond acceptors (Lipinski definition) is 1. The molecule has 1 aromatic heterocycles. The molecule has 1 unspecified atom stereocenters. The van der Waals surface area contributed by atoms with Crippen LogP contribution in [0.1, 0.15) is 32.3 Å². The number of carbonyl (C=O) groups is 1. The van der Waals surface area contributed by atoms with E-state index in [9.17, 15) is 4.79 Å². The maximum Gasteiger partial charge on any atom is 0.220 e. The molecule has 2 aromatic rings. The molecule has 96 valence electrons. The number of fused-ring (bicyclic) bond motifs is 1. The Bertz CT molecular complexity index is 530. The summed E-state index contributed by atoms with van der Waals surface area (Å²) in [4.78, 5) is 15.0. The molecule has 3 nitrogen and oxygen atoms in total. The van der Waals surface area contributed by atoms with Crippen molar-refractivity contribution in [2.75, 3.05) is 0 Å². The Balaban J connectivity index is 1.96. The molecule has 0 fully saturated rings. The fourth-order valence-electron chi connectivity index (χ4n) is 2.04. The summed E-state index contributed by atoms with van der Waals surface area (Å²) in [5, 5.41) is 4.21. The van der Waals surface area contributed by atoms with Crippen molar-refractivity contribution in [2.24, 2.45) is 0 Å². The SMILES string of the molecule is CCC(C)NC(=O)CCc1c[nH]c2ccccc12. The van der Waals surface area contributed by atoms with Crippen LogP contribution in [0.4, 0.5) is 0 Å². The van der Waals surface area contributed by atoms with E-state index in [0.717, 1.165) is 18.4 Å². The minimum atomic E-state index is 0.134. The first-order chi connectivity index (χ1) is 8.70. The second-order valence-corrected chi connectivity index (χ2v) is 4.74. The summed E-state index contributed by atoms with van der Waals surface area (Å²) >= 11 is 0. The smallest absolute Gasteiger partial charge is 0.220 e. The number of amides is 1. The molecule has 0 saturated carbocycles. The number of aromatic nitrogens is 1. The van der Waals surface area contributed by atoms with Gasteiger partial charge >= 0.3 is 0 Å². The molecular formula is C15H20N2O. The fraction of sp³-hybridized carbons (Fsp3) is 0.400. The standard InChI is InChI=1S/C15H20N2O/c1-3-11(2)17-15(18)9-8-12-10-16-14-7-5-4-6-13(12)14/h4-7,10-11,16H,3,8-9H2,1-2H3,(H,17,18). The number of benzene rings is 1. The van der Waals surface area contributed by atoms with E-state index < -0.39 is 0 Å². The highest BCUT2D eigenvalue weighted by molar-refractivity contribution is 5.84. The maximum atomic E-state index is 11.7. The third-order valence-electron chi connectivity index (χ3n) is 3.32. The highest BCUT2D eigenvalue weighted by Gasteiger charge is 2.08. The van der Waals surface area contributed by atoms with E-state index in [2.05, 4.69) is 29.4 Å². The van der Waals surface area contributed by atoms with Crippen LogP contribution in [0.3, 0.4) is 0 Å². The average molecular weight is 244 g/mol. The lowest BCUT2D eigenvalue weighted by Gasteiger charge is -2.10. The Morgan fingerprint density at radius 3 is 2.94 bits per heavy atom. The molecule has 1 heterocycles. The normalized spacial score (nSPS) is 12.6. The number of carbonyl (C=O) groups excluding carboxylic acids is 1. The molecule has 0 aliphatic heterocycles. The summed E-state index contributed by atoms with van der Waals surface area (Å²) in [5.41, 5.74) is 2.35. The molecule has 3 heteroatoms. The highest BCUT2D eigenvalue weighted by Crippen LogP contribution is 2.18. The molecule has 0 saturated heterocycles. The van der Waals surface area contributed by atoms with Crippen LogP contribution < -0.4 is 5.32 Å². The lowest BCUT2D eigenvalue weighted by atomic mass is 10.1. The van der Waals surface area contributed by atoms with Gasteiger partial charge in [0, 0.05) is 29.6 Å². The largest absolute Gasteiger partial charge is 0.361 e. The van der Waals surface area contributed by atoms with E-state index in [1.54, 1.807) is 0 Å². The van der Waals surface area contributed by atoms with Crippen LogP contribution in [0.25, 0.3) is 10.9 Å². The molecule has 0 radical (unpaired) electrons. The van der Waals surface area contributed by atoms with Crippen LogP contribution >= 0.6 is 0 Å². The molecule has 18 heavy (non-hydrogen) atoms.